The number of pyridine rings is 1. The Bertz CT molecular complexity index is 638. The predicted molar refractivity (Wildman–Crippen MR) is 82.1 cm³/mol. The first-order valence-corrected chi connectivity index (χ1v) is 8.16. The van der Waals surface area contributed by atoms with Crippen LogP contribution < -0.4 is 4.90 Å². The minimum atomic E-state index is 0.351. The zero-order valence-electron chi connectivity index (χ0n) is 12.6. The fraction of sp³-hybridized carbons (Fsp3) is 0.588. The molecule has 1 aromatic heterocycles. The van der Waals surface area contributed by atoms with Crippen LogP contribution in [0.3, 0.4) is 0 Å². The standard InChI is InChI=1S/C17H20N4O/c18-8-14-3-1-5-16(19-14)20-9-12-7-13(11-20)15-4-2-6-17(22)21(15)10-12/h1,3,5,12-13,15H,2,4,6-7,9-11H2/t12?,13?,15-/m0/s1. The van der Waals surface area contributed by atoms with Gasteiger partial charge >= 0.3 is 0 Å². The Kier molecular flexibility index (Phi) is 3.25. The van der Waals surface area contributed by atoms with Crippen LogP contribution in [-0.2, 0) is 4.79 Å². The van der Waals surface area contributed by atoms with Gasteiger partial charge in [-0.2, -0.15) is 5.26 Å². The van der Waals surface area contributed by atoms with Gasteiger partial charge in [-0.3, -0.25) is 4.79 Å². The van der Waals surface area contributed by atoms with Crippen molar-refractivity contribution in [3.05, 3.63) is 23.9 Å². The Labute approximate surface area is 130 Å². The highest BCUT2D eigenvalue weighted by Gasteiger charge is 2.44. The topological polar surface area (TPSA) is 60.2 Å². The molecule has 1 aromatic rings. The Morgan fingerprint density at radius 2 is 2.18 bits per heavy atom. The molecule has 0 radical (unpaired) electrons. The lowest BCUT2D eigenvalue weighted by molar-refractivity contribution is -0.142. The second kappa shape index (κ2) is 5.28. The highest BCUT2D eigenvalue weighted by molar-refractivity contribution is 5.77. The van der Waals surface area contributed by atoms with Gasteiger partial charge in [0.05, 0.1) is 0 Å². The molecule has 5 nitrogen and oxygen atoms in total. The molecule has 0 aliphatic carbocycles. The fourth-order valence-electron chi connectivity index (χ4n) is 4.46. The van der Waals surface area contributed by atoms with Crippen molar-refractivity contribution in [2.24, 2.45) is 11.8 Å². The number of aromatic nitrogens is 1. The SMILES string of the molecule is N#Cc1cccc(N2CC3CC(C2)[C@@H]2CCCC(=O)N2C3)n1. The lowest BCUT2D eigenvalue weighted by atomic mass is 9.76. The van der Waals surface area contributed by atoms with E-state index >= 15 is 0 Å². The second-order valence-corrected chi connectivity index (χ2v) is 6.77. The van der Waals surface area contributed by atoms with Crippen LogP contribution in [0.2, 0.25) is 0 Å². The van der Waals surface area contributed by atoms with Crippen molar-refractivity contribution in [2.45, 2.75) is 31.7 Å². The van der Waals surface area contributed by atoms with E-state index in [0.29, 0.717) is 29.5 Å². The molecule has 0 spiro atoms. The summed E-state index contributed by atoms with van der Waals surface area (Å²) in [5.41, 5.74) is 0.475. The molecule has 5 heteroatoms. The lowest BCUT2D eigenvalue weighted by Gasteiger charge is -2.52. The molecule has 0 N–H and O–H groups in total. The van der Waals surface area contributed by atoms with Crippen molar-refractivity contribution >= 4 is 11.7 Å². The molecule has 1 amide bonds. The normalized spacial score (nSPS) is 30.7. The van der Waals surface area contributed by atoms with Gasteiger partial charge in [-0.05, 0) is 43.2 Å². The maximum absolute atomic E-state index is 12.2. The smallest absolute Gasteiger partial charge is 0.222 e. The average Bonchev–Trinajstić information content (AvgIpc) is 2.56. The molecule has 2 unspecified atom stereocenters. The van der Waals surface area contributed by atoms with Crippen molar-refractivity contribution in [3.8, 4) is 6.07 Å². The number of hydrogen-bond acceptors (Lipinski definition) is 4. The van der Waals surface area contributed by atoms with Gasteiger partial charge in [0, 0.05) is 32.1 Å². The van der Waals surface area contributed by atoms with E-state index in [1.807, 2.05) is 12.1 Å². The maximum Gasteiger partial charge on any atom is 0.222 e. The van der Waals surface area contributed by atoms with Crippen LogP contribution in [0.25, 0.3) is 0 Å². The van der Waals surface area contributed by atoms with Crippen molar-refractivity contribution in [1.82, 2.24) is 9.88 Å². The largest absolute Gasteiger partial charge is 0.356 e. The summed E-state index contributed by atoms with van der Waals surface area (Å²) in [6, 6.07) is 8.18. The van der Waals surface area contributed by atoms with Gasteiger partial charge < -0.3 is 9.80 Å². The van der Waals surface area contributed by atoms with Gasteiger partial charge in [-0.15, -0.1) is 0 Å². The molecule has 4 heterocycles. The van der Waals surface area contributed by atoms with E-state index in [2.05, 4.69) is 20.9 Å². The van der Waals surface area contributed by atoms with E-state index in [0.717, 1.165) is 44.7 Å². The highest BCUT2D eigenvalue weighted by atomic mass is 16.2. The number of carbonyl (C=O) groups excluding carboxylic acids is 1. The summed E-state index contributed by atoms with van der Waals surface area (Å²) in [6.45, 7) is 2.79. The number of rotatable bonds is 1. The first kappa shape index (κ1) is 13.6. The van der Waals surface area contributed by atoms with Crippen LogP contribution in [0.1, 0.15) is 31.4 Å². The Hall–Kier alpha value is -2.09. The number of piperidine rings is 3. The fourth-order valence-corrected chi connectivity index (χ4v) is 4.46. The molecular weight excluding hydrogens is 276 g/mol. The molecule has 22 heavy (non-hydrogen) atoms. The zero-order valence-corrected chi connectivity index (χ0v) is 12.6. The summed E-state index contributed by atoms with van der Waals surface area (Å²) in [5, 5.41) is 9.03. The van der Waals surface area contributed by atoms with Crippen molar-refractivity contribution in [1.29, 1.82) is 5.26 Å². The number of amides is 1. The number of nitrogens with zero attached hydrogens (tertiary/aromatic N) is 4. The van der Waals surface area contributed by atoms with E-state index in [9.17, 15) is 4.79 Å². The minimum absolute atomic E-state index is 0.351. The number of fused-ring (bicyclic) bond motifs is 4. The molecule has 3 aliphatic heterocycles. The van der Waals surface area contributed by atoms with Crippen LogP contribution in [-0.4, -0.2) is 41.5 Å². The average molecular weight is 296 g/mol. The van der Waals surface area contributed by atoms with Crippen LogP contribution >= 0.6 is 0 Å². The zero-order chi connectivity index (χ0) is 15.1. The van der Waals surface area contributed by atoms with Crippen molar-refractivity contribution in [2.75, 3.05) is 24.5 Å². The monoisotopic (exact) mass is 296 g/mol. The third kappa shape index (κ3) is 2.23. The van der Waals surface area contributed by atoms with Gasteiger partial charge in [0.2, 0.25) is 5.91 Å². The van der Waals surface area contributed by atoms with E-state index in [1.54, 1.807) is 6.07 Å². The Morgan fingerprint density at radius 1 is 1.27 bits per heavy atom. The molecule has 2 bridgehead atoms. The van der Waals surface area contributed by atoms with Crippen LogP contribution in [0.4, 0.5) is 5.82 Å². The first-order valence-electron chi connectivity index (χ1n) is 8.16. The molecule has 3 aliphatic rings. The molecule has 114 valence electrons. The van der Waals surface area contributed by atoms with Crippen molar-refractivity contribution < 1.29 is 4.79 Å². The van der Waals surface area contributed by atoms with E-state index < -0.39 is 0 Å². The van der Waals surface area contributed by atoms with Gasteiger partial charge in [0.15, 0.2) is 0 Å². The summed E-state index contributed by atoms with van der Waals surface area (Å²) in [7, 11) is 0. The number of carbonyl (C=O) groups is 1. The lowest BCUT2D eigenvalue weighted by Crippen LogP contribution is -2.60. The maximum atomic E-state index is 12.2. The van der Waals surface area contributed by atoms with E-state index in [1.165, 1.54) is 6.42 Å². The number of anilines is 1. The quantitative estimate of drug-likeness (QED) is 0.793. The summed E-state index contributed by atoms with van der Waals surface area (Å²) in [5.74, 6) is 2.34. The molecular formula is C17H20N4O. The summed E-state index contributed by atoms with van der Waals surface area (Å²) in [4.78, 5) is 21.1. The third-order valence-electron chi connectivity index (χ3n) is 5.35. The van der Waals surface area contributed by atoms with Gasteiger partial charge in [0.1, 0.15) is 17.6 Å². The molecule has 0 saturated carbocycles. The minimum Gasteiger partial charge on any atom is -0.356 e. The van der Waals surface area contributed by atoms with Gasteiger partial charge in [0.25, 0.3) is 0 Å². The Morgan fingerprint density at radius 3 is 3.05 bits per heavy atom. The highest BCUT2D eigenvalue weighted by Crippen LogP contribution is 2.38. The van der Waals surface area contributed by atoms with Gasteiger partial charge in [-0.1, -0.05) is 6.07 Å². The molecule has 3 saturated heterocycles. The van der Waals surface area contributed by atoms with Crippen LogP contribution in [0.5, 0.6) is 0 Å². The second-order valence-electron chi connectivity index (χ2n) is 6.77. The number of hydrogen-bond donors (Lipinski definition) is 0. The molecule has 3 fully saturated rings. The molecule has 3 atom stereocenters. The number of nitriles is 1. The van der Waals surface area contributed by atoms with Crippen molar-refractivity contribution in [3.63, 3.8) is 0 Å². The molecule has 0 aromatic carbocycles. The van der Waals surface area contributed by atoms with Crippen LogP contribution in [0.15, 0.2) is 18.2 Å². The molecule has 4 rings (SSSR count). The summed E-state index contributed by atoms with van der Waals surface area (Å²) < 4.78 is 0. The summed E-state index contributed by atoms with van der Waals surface area (Å²) in [6.07, 6.45) is 4.13. The predicted octanol–water partition coefficient (Wildman–Crippen LogP) is 1.79. The van der Waals surface area contributed by atoms with Crippen LogP contribution in [0, 0.1) is 23.2 Å². The van der Waals surface area contributed by atoms with Gasteiger partial charge in [-0.25, -0.2) is 4.98 Å². The van der Waals surface area contributed by atoms with E-state index in [-0.39, 0.29) is 0 Å². The third-order valence-corrected chi connectivity index (χ3v) is 5.35. The van der Waals surface area contributed by atoms with E-state index in [4.69, 9.17) is 5.26 Å². The first-order chi connectivity index (χ1) is 10.7. The summed E-state index contributed by atoms with van der Waals surface area (Å²) >= 11 is 0. The Balaban J connectivity index is 1.57.